The van der Waals surface area contributed by atoms with E-state index in [1.54, 1.807) is 12.1 Å². The van der Waals surface area contributed by atoms with Crippen LogP contribution in [0.5, 0.6) is 11.5 Å². The van der Waals surface area contributed by atoms with E-state index in [1.165, 1.54) is 0 Å². The van der Waals surface area contributed by atoms with Crippen molar-refractivity contribution in [1.29, 1.82) is 0 Å². The quantitative estimate of drug-likeness (QED) is 0.634. The monoisotopic (exact) mass is 413 g/mol. The molecule has 0 radical (unpaired) electrons. The molecule has 4 rings (SSSR count). The molecular weight excluding hydrogens is 386 g/mol. The third-order valence-electron chi connectivity index (χ3n) is 5.51. The van der Waals surface area contributed by atoms with Crippen LogP contribution in [0, 0.1) is 5.92 Å². The molecule has 2 aliphatic heterocycles. The molecule has 0 saturated carbocycles. The number of hydrogen-bond donors (Lipinski definition) is 1. The highest BCUT2D eigenvalue weighted by atomic mass is 16.7. The molecule has 7 heteroatoms. The number of carboxylic acid groups (broad SMARTS) is 1. The van der Waals surface area contributed by atoms with Crippen molar-refractivity contribution in [1.82, 2.24) is 4.90 Å². The van der Waals surface area contributed by atoms with Crippen LogP contribution in [0.1, 0.15) is 12.0 Å². The maximum Gasteiger partial charge on any atom is 0.314 e. The molecule has 1 atom stereocenters. The van der Waals surface area contributed by atoms with Crippen molar-refractivity contribution < 1.29 is 28.8 Å². The largest absolute Gasteiger partial charge is 0.481 e. The number of carbonyl (C=O) groups is 1. The molecule has 0 amide bonds. The van der Waals surface area contributed by atoms with Gasteiger partial charge in [-0.3, -0.25) is 9.69 Å². The van der Waals surface area contributed by atoms with Gasteiger partial charge in [0, 0.05) is 31.8 Å². The summed E-state index contributed by atoms with van der Waals surface area (Å²) >= 11 is 0. The molecule has 0 aromatic heterocycles. The average Bonchev–Trinajstić information content (AvgIpc) is 3.17. The van der Waals surface area contributed by atoms with Gasteiger partial charge >= 0.3 is 5.97 Å². The maximum absolute atomic E-state index is 12.3. The number of rotatable bonds is 9. The minimum Gasteiger partial charge on any atom is -0.481 e. The molecule has 0 spiro atoms. The van der Waals surface area contributed by atoms with Crippen LogP contribution >= 0.6 is 0 Å². The van der Waals surface area contributed by atoms with Crippen molar-refractivity contribution in [2.45, 2.75) is 12.2 Å². The van der Waals surface area contributed by atoms with E-state index in [0.717, 1.165) is 32.8 Å². The number of morpholine rings is 1. The molecule has 1 fully saturated rings. The second-order valence-electron chi connectivity index (χ2n) is 7.43. The zero-order valence-electron chi connectivity index (χ0n) is 16.9. The van der Waals surface area contributed by atoms with Gasteiger partial charge in [0.2, 0.25) is 0 Å². The van der Waals surface area contributed by atoms with Crippen molar-refractivity contribution in [2.24, 2.45) is 5.92 Å². The summed E-state index contributed by atoms with van der Waals surface area (Å²) in [5.41, 5.74) is 0.668. The molecule has 7 nitrogen and oxygen atoms in total. The fourth-order valence-electron chi connectivity index (χ4n) is 3.90. The van der Waals surface area contributed by atoms with Gasteiger partial charge in [-0.15, -0.1) is 0 Å². The average molecular weight is 413 g/mol. The van der Waals surface area contributed by atoms with E-state index in [9.17, 15) is 9.90 Å². The van der Waals surface area contributed by atoms with Crippen LogP contribution in [-0.4, -0.2) is 62.0 Å². The van der Waals surface area contributed by atoms with E-state index < -0.39 is 17.7 Å². The summed E-state index contributed by atoms with van der Waals surface area (Å²) in [5.74, 6) is -2.26. The minimum absolute atomic E-state index is 0.265. The third-order valence-corrected chi connectivity index (χ3v) is 5.51. The molecule has 1 unspecified atom stereocenters. The van der Waals surface area contributed by atoms with E-state index in [-0.39, 0.29) is 6.42 Å². The Labute approximate surface area is 176 Å². The van der Waals surface area contributed by atoms with Crippen LogP contribution in [0.4, 0.5) is 0 Å². The number of fused-ring (bicyclic) bond motifs is 1. The van der Waals surface area contributed by atoms with Crippen molar-refractivity contribution in [2.75, 3.05) is 46.1 Å². The van der Waals surface area contributed by atoms with Gasteiger partial charge in [0.15, 0.2) is 11.5 Å². The van der Waals surface area contributed by atoms with Gasteiger partial charge in [0.1, 0.15) is 5.92 Å². The zero-order chi connectivity index (χ0) is 20.8. The van der Waals surface area contributed by atoms with Crippen LogP contribution in [0.3, 0.4) is 0 Å². The molecule has 2 aliphatic rings. The number of ether oxygens (including phenoxy) is 4. The highest BCUT2D eigenvalue weighted by Crippen LogP contribution is 2.48. The molecular formula is C23H27NO6. The first-order valence-corrected chi connectivity index (χ1v) is 10.3. The number of carboxylic acids is 1. The molecule has 2 aromatic rings. The summed E-state index contributed by atoms with van der Waals surface area (Å²) in [6, 6.07) is 16.5. The van der Waals surface area contributed by atoms with Crippen LogP contribution in [-0.2, 0) is 20.1 Å². The standard InChI is InChI=1S/C23H27NO6/c25-22(26)19(10-14-27-15-11-24-12-16-28-17-13-24)23(18-6-2-1-3-7-18)29-20-8-4-5-9-21(20)30-23/h1-9,19H,10-17H2,(H,25,26). The Hall–Kier alpha value is -2.61. The lowest BCUT2D eigenvalue weighted by atomic mass is 9.89. The Bertz CT molecular complexity index is 812. The molecule has 0 aliphatic carbocycles. The van der Waals surface area contributed by atoms with Gasteiger partial charge < -0.3 is 24.1 Å². The van der Waals surface area contributed by atoms with Gasteiger partial charge in [-0.1, -0.05) is 42.5 Å². The summed E-state index contributed by atoms with van der Waals surface area (Å²) in [4.78, 5) is 14.6. The number of aliphatic carboxylic acids is 1. The first-order valence-electron chi connectivity index (χ1n) is 10.3. The Morgan fingerprint density at radius 3 is 2.27 bits per heavy atom. The number of hydrogen-bond acceptors (Lipinski definition) is 6. The molecule has 1 saturated heterocycles. The van der Waals surface area contributed by atoms with E-state index in [2.05, 4.69) is 4.90 Å². The normalized spacial score (nSPS) is 18.8. The summed E-state index contributed by atoms with van der Waals surface area (Å²) in [5, 5.41) is 10.1. The minimum atomic E-state index is -1.43. The highest BCUT2D eigenvalue weighted by molar-refractivity contribution is 5.72. The van der Waals surface area contributed by atoms with Gasteiger partial charge in [0.05, 0.1) is 19.8 Å². The highest BCUT2D eigenvalue weighted by Gasteiger charge is 2.53. The van der Waals surface area contributed by atoms with Crippen molar-refractivity contribution in [3.8, 4) is 11.5 Å². The van der Waals surface area contributed by atoms with Crippen LogP contribution in [0.2, 0.25) is 0 Å². The molecule has 2 aromatic carbocycles. The van der Waals surface area contributed by atoms with Gasteiger partial charge in [-0.05, 0) is 18.6 Å². The smallest absolute Gasteiger partial charge is 0.314 e. The summed E-state index contributed by atoms with van der Waals surface area (Å²) < 4.78 is 23.5. The Kier molecular flexibility index (Phi) is 6.52. The predicted octanol–water partition coefficient (Wildman–Crippen LogP) is 2.75. The Morgan fingerprint density at radius 1 is 1.00 bits per heavy atom. The van der Waals surface area contributed by atoms with Crippen LogP contribution < -0.4 is 9.47 Å². The molecule has 30 heavy (non-hydrogen) atoms. The summed E-state index contributed by atoms with van der Waals surface area (Å²) in [6.45, 7) is 4.96. The second kappa shape index (κ2) is 9.47. The SMILES string of the molecule is O=C(O)C(CCOCCN1CCOCC1)C1(c2ccccc2)Oc2ccccc2O1. The van der Waals surface area contributed by atoms with E-state index in [1.807, 2.05) is 42.5 Å². The predicted molar refractivity (Wildman–Crippen MR) is 110 cm³/mol. The van der Waals surface area contributed by atoms with E-state index >= 15 is 0 Å². The lowest BCUT2D eigenvalue weighted by Crippen LogP contribution is -2.47. The van der Waals surface area contributed by atoms with Crippen LogP contribution in [0.15, 0.2) is 54.6 Å². The summed E-state index contributed by atoms with van der Waals surface area (Å²) in [7, 11) is 0. The zero-order valence-corrected chi connectivity index (χ0v) is 16.9. The van der Waals surface area contributed by atoms with Gasteiger partial charge in [-0.2, -0.15) is 0 Å². The summed E-state index contributed by atoms with van der Waals surface area (Å²) in [6.07, 6.45) is 0.265. The molecule has 2 heterocycles. The lowest BCUT2D eigenvalue weighted by molar-refractivity contribution is -0.177. The first-order chi connectivity index (χ1) is 14.7. The van der Waals surface area contributed by atoms with E-state index in [0.29, 0.717) is 30.3 Å². The second-order valence-corrected chi connectivity index (χ2v) is 7.43. The Morgan fingerprint density at radius 2 is 1.63 bits per heavy atom. The molecule has 160 valence electrons. The van der Waals surface area contributed by atoms with Gasteiger partial charge in [-0.25, -0.2) is 0 Å². The van der Waals surface area contributed by atoms with Gasteiger partial charge in [0.25, 0.3) is 5.79 Å². The number of benzene rings is 2. The fourth-order valence-corrected chi connectivity index (χ4v) is 3.90. The number of nitrogens with zero attached hydrogens (tertiary/aromatic N) is 1. The lowest BCUT2D eigenvalue weighted by Gasteiger charge is -2.33. The Balaban J connectivity index is 1.45. The van der Waals surface area contributed by atoms with Crippen LogP contribution in [0.25, 0.3) is 0 Å². The molecule has 0 bridgehead atoms. The first kappa shape index (κ1) is 20.7. The fraction of sp³-hybridized carbons (Fsp3) is 0.435. The maximum atomic E-state index is 12.3. The van der Waals surface area contributed by atoms with Crippen molar-refractivity contribution >= 4 is 5.97 Å². The van der Waals surface area contributed by atoms with Crippen molar-refractivity contribution in [3.05, 3.63) is 60.2 Å². The number of para-hydroxylation sites is 2. The third kappa shape index (κ3) is 4.43. The topological polar surface area (TPSA) is 77.5 Å². The van der Waals surface area contributed by atoms with Crippen molar-refractivity contribution in [3.63, 3.8) is 0 Å². The van der Waals surface area contributed by atoms with E-state index in [4.69, 9.17) is 18.9 Å². The molecule has 1 N–H and O–H groups in total.